The van der Waals surface area contributed by atoms with E-state index in [1.807, 2.05) is 19.1 Å². The smallest absolute Gasteiger partial charge is 0.0459 e. The quantitative estimate of drug-likeness (QED) is 0.907. The number of nitrogens with two attached hydrogens (primary N) is 1. The van der Waals surface area contributed by atoms with Crippen molar-refractivity contribution in [2.24, 2.45) is 11.7 Å². The molecule has 1 aromatic carbocycles. The lowest BCUT2D eigenvalue weighted by Gasteiger charge is -2.36. The molecular weight excluding hydrogens is 282 g/mol. The SMILES string of the molecule is CC(N)Cc1c(Cl)cccc1N1CCC(CN(C)C)CC1. The monoisotopic (exact) mass is 309 g/mol. The largest absolute Gasteiger partial charge is 0.371 e. The summed E-state index contributed by atoms with van der Waals surface area (Å²) in [6.45, 7) is 5.46. The van der Waals surface area contributed by atoms with Gasteiger partial charge in [0.1, 0.15) is 0 Å². The van der Waals surface area contributed by atoms with E-state index in [1.165, 1.54) is 30.6 Å². The molecule has 1 heterocycles. The van der Waals surface area contributed by atoms with E-state index < -0.39 is 0 Å². The molecule has 118 valence electrons. The number of piperidine rings is 1. The fourth-order valence-electron chi connectivity index (χ4n) is 3.24. The summed E-state index contributed by atoms with van der Waals surface area (Å²) in [5, 5.41) is 0.847. The predicted octanol–water partition coefficient (Wildman–Crippen LogP) is 3.01. The van der Waals surface area contributed by atoms with Crippen LogP contribution in [0.25, 0.3) is 0 Å². The van der Waals surface area contributed by atoms with Gasteiger partial charge in [0, 0.05) is 36.4 Å². The van der Waals surface area contributed by atoms with Gasteiger partial charge in [-0.05, 0) is 63.9 Å². The first-order valence-electron chi connectivity index (χ1n) is 7.90. The Morgan fingerprint density at radius 1 is 1.33 bits per heavy atom. The van der Waals surface area contributed by atoms with E-state index in [9.17, 15) is 0 Å². The Balaban J connectivity index is 2.08. The Hall–Kier alpha value is -0.770. The Bertz CT molecular complexity index is 451. The summed E-state index contributed by atoms with van der Waals surface area (Å²) in [5.41, 5.74) is 8.48. The van der Waals surface area contributed by atoms with E-state index in [2.05, 4.69) is 30.0 Å². The van der Waals surface area contributed by atoms with E-state index >= 15 is 0 Å². The Kier molecular flexibility index (Phi) is 5.91. The third-order valence-corrected chi connectivity index (χ3v) is 4.55. The molecule has 21 heavy (non-hydrogen) atoms. The summed E-state index contributed by atoms with van der Waals surface area (Å²) >= 11 is 6.40. The molecule has 1 aliphatic rings. The molecule has 1 fully saturated rings. The first kappa shape index (κ1) is 16.6. The van der Waals surface area contributed by atoms with Crippen molar-refractivity contribution < 1.29 is 0 Å². The van der Waals surface area contributed by atoms with Crippen LogP contribution in [0.1, 0.15) is 25.3 Å². The maximum Gasteiger partial charge on any atom is 0.0459 e. The van der Waals surface area contributed by atoms with Crippen LogP contribution in [0, 0.1) is 5.92 Å². The zero-order chi connectivity index (χ0) is 15.4. The molecule has 0 saturated carbocycles. The summed E-state index contributed by atoms with van der Waals surface area (Å²) in [6.07, 6.45) is 3.34. The third-order valence-electron chi connectivity index (χ3n) is 4.20. The minimum atomic E-state index is 0.134. The van der Waals surface area contributed by atoms with E-state index in [1.54, 1.807) is 0 Å². The van der Waals surface area contributed by atoms with Crippen molar-refractivity contribution in [2.45, 2.75) is 32.2 Å². The third kappa shape index (κ3) is 4.60. The van der Waals surface area contributed by atoms with Gasteiger partial charge in [-0.2, -0.15) is 0 Å². The molecule has 0 radical (unpaired) electrons. The summed E-state index contributed by atoms with van der Waals surface area (Å²) < 4.78 is 0. The highest BCUT2D eigenvalue weighted by atomic mass is 35.5. The minimum absolute atomic E-state index is 0.134. The van der Waals surface area contributed by atoms with E-state index in [0.29, 0.717) is 0 Å². The van der Waals surface area contributed by atoms with Crippen molar-refractivity contribution in [2.75, 3.05) is 38.6 Å². The van der Waals surface area contributed by atoms with Gasteiger partial charge in [-0.15, -0.1) is 0 Å². The summed E-state index contributed by atoms with van der Waals surface area (Å²) in [7, 11) is 4.31. The number of anilines is 1. The van der Waals surface area contributed by atoms with Crippen molar-refractivity contribution in [3.63, 3.8) is 0 Å². The number of hydrogen-bond donors (Lipinski definition) is 1. The highest BCUT2D eigenvalue weighted by Crippen LogP contribution is 2.31. The lowest BCUT2D eigenvalue weighted by Crippen LogP contribution is -2.37. The second kappa shape index (κ2) is 7.48. The Labute approximate surface area is 134 Å². The summed E-state index contributed by atoms with van der Waals surface area (Å²) in [6, 6.07) is 6.35. The van der Waals surface area contributed by atoms with Crippen LogP contribution in [-0.4, -0.2) is 44.7 Å². The maximum atomic E-state index is 6.40. The highest BCUT2D eigenvalue weighted by molar-refractivity contribution is 6.31. The molecule has 4 heteroatoms. The van der Waals surface area contributed by atoms with Crippen molar-refractivity contribution in [1.29, 1.82) is 0 Å². The van der Waals surface area contributed by atoms with E-state index in [4.69, 9.17) is 17.3 Å². The Morgan fingerprint density at radius 3 is 2.57 bits per heavy atom. The first-order chi connectivity index (χ1) is 9.97. The molecule has 0 amide bonds. The minimum Gasteiger partial charge on any atom is -0.371 e. The average molecular weight is 310 g/mol. The maximum absolute atomic E-state index is 6.40. The second-order valence-electron chi connectivity index (χ2n) is 6.61. The van der Waals surface area contributed by atoms with Crippen LogP contribution in [0.15, 0.2) is 18.2 Å². The fraction of sp³-hybridized carbons (Fsp3) is 0.647. The lowest BCUT2D eigenvalue weighted by atomic mass is 9.95. The van der Waals surface area contributed by atoms with Gasteiger partial charge in [-0.3, -0.25) is 0 Å². The predicted molar refractivity (Wildman–Crippen MR) is 92.3 cm³/mol. The molecule has 2 rings (SSSR count). The first-order valence-corrected chi connectivity index (χ1v) is 8.27. The summed E-state index contributed by atoms with van der Waals surface area (Å²) in [4.78, 5) is 4.77. The van der Waals surface area contributed by atoms with Crippen LogP contribution in [0.2, 0.25) is 5.02 Å². The number of rotatable bonds is 5. The molecule has 1 unspecified atom stereocenters. The standard InChI is InChI=1S/C17H28ClN3/c1-13(19)11-15-16(18)5-4-6-17(15)21-9-7-14(8-10-21)12-20(2)3/h4-6,13-14H,7-12,19H2,1-3H3. The van der Waals surface area contributed by atoms with Gasteiger partial charge in [0.2, 0.25) is 0 Å². The van der Waals surface area contributed by atoms with E-state index in [0.717, 1.165) is 30.5 Å². The number of hydrogen-bond acceptors (Lipinski definition) is 3. The van der Waals surface area contributed by atoms with Gasteiger partial charge in [-0.25, -0.2) is 0 Å². The molecule has 1 aromatic rings. The van der Waals surface area contributed by atoms with Gasteiger partial charge in [0.05, 0.1) is 0 Å². The van der Waals surface area contributed by atoms with Gasteiger partial charge < -0.3 is 15.5 Å². The van der Waals surface area contributed by atoms with Gasteiger partial charge >= 0.3 is 0 Å². The molecule has 1 aliphatic heterocycles. The van der Waals surface area contributed by atoms with Gasteiger partial charge in [-0.1, -0.05) is 17.7 Å². The molecule has 0 aliphatic carbocycles. The van der Waals surface area contributed by atoms with Crippen molar-refractivity contribution in [3.05, 3.63) is 28.8 Å². The average Bonchev–Trinajstić information content (AvgIpc) is 2.41. The van der Waals surface area contributed by atoms with Crippen LogP contribution in [0.3, 0.4) is 0 Å². The molecule has 0 aromatic heterocycles. The summed E-state index contributed by atoms with van der Waals surface area (Å²) in [5.74, 6) is 0.812. The normalized spacial score (nSPS) is 18.3. The Morgan fingerprint density at radius 2 is 2.00 bits per heavy atom. The van der Waals surface area contributed by atoms with Crippen molar-refractivity contribution in [1.82, 2.24) is 4.90 Å². The van der Waals surface area contributed by atoms with Crippen molar-refractivity contribution in [3.8, 4) is 0 Å². The molecule has 2 N–H and O–H groups in total. The van der Waals surface area contributed by atoms with Crippen LogP contribution in [0.4, 0.5) is 5.69 Å². The van der Waals surface area contributed by atoms with E-state index in [-0.39, 0.29) is 6.04 Å². The van der Waals surface area contributed by atoms with Gasteiger partial charge in [0.25, 0.3) is 0 Å². The molecule has 3 nitrogen and oxygen atoms in total. The zero-order valence-corrected chi connectivity index (χ0v) is 14.2. The molecular formula is C17H28ClN3. The lowest BCUT2D eigenvalue weighted by molar-refractivity contribution is 0.285. The van der Waals surface area contributed by atoms with Gasteiger partial charge in [0.15, 0.2) is 0 Å². The highest BCUT2D eigenvalue weighted by Gasteiger charge is 2.22. The molecule has 0 bridgehead atoms. The zero-order valence-electron chi connectivity index (χ0n) is 13.5. The van der Waals surface area contributed by atoms with Crippen LogP contribution in [0.5, 0.6) is 0 Å². The molecule has 1 atom stereocenters. The number of nitrogens with zero attached hydrogens (tertiary/aromatic N) is 2. The topological polar surface area (TPSA) is 32.5 Å². The number of halogens is 1. The van der Waals surface area contributed by atoms with Crippen molar-refractivity contribution >= 4 is 17.3 Å². The van der Waals surface area contributed by atoms with Crippen LogP contribution < -0.4 is 10.6 Å². The fourth-order valence-corrected chi connectivity index (χ4v) is 3.49. The molecule has 0 spiro atoms. The number of benzene rings is 1. The van der Waals surface area contributed by atoms with Crippen LogP contribution >= 0.6 is 11.6 Å². The second-order valence-corrected chi connectivity index (χ2v) is 7.02. The van der Waals surface area contributed by atoms with Crippen LogP contribution in [-0.2, 0) is 6.42 Å². The molecule has 1 saturated heterocycles.